The molecule has 0 saturated heterocycles. The molecular weight excluding hydrogens is 432 g/mol. The van der Waals surface area contributed by atoms with E-state index in [9.17, 15) is 0 Å². The van der Waals surface area contributed by atoms with Crippen molar-refractivity contribution in [2.75, 3.05) is 35.5 Å². The van der Waals surface area contributed by atoms with E-state index in [4.69, 9.17) is 28.4 Å². The highest BCUT2D eigenvalue weighted by atomic mass is 16.5. The Labute approximate surface area is 202 Å². The first kappa shape index (κ1) is 25.7. The Bertz CT molecular complexity index is 1020. The zero-order valence-electron chi connectivity index (χ0n) is 20.9. The first-order valence-electron chi connectivity index (χ1n) is 11.1. The van der Waals surface area contributed by atoms with E-state index in [0.717, 1.165) is 44.9 Å². The molecule has 0 aliphatic carbocycles. The molecule has 0 fully saturated rings. The topological polar surface area (TPSA) is 55.4 Å². The quantitative estimate of drug-likeness (QED) is 0.324. The zero-order valence-corrected chi connectivity index (χ0v) is 20.9. The fraction of sp³-hybridized carbons (Fsp3) is 0.357. The maximum atomic E-state index is 6.32. The van der Waals surface area contributed by atoms with Gasteiger partial charge in [-0.15, -0.1) is 0 Å². The van der Waals surface area contributed by atoms with Crippen LogP contribution in [-0.2, 0) is 45.4 Å². The maximum absolute atomic E-state index is 6.32. The Morgan fingerprint density at radius 2 is 0.912 bits per heavy atom. The van der Waals surface area contributed by atoms with Gasteiger partial charge in [-0.1, -0.05) is 0 Å². The first-order chi connectivity index (χ1) is 16.5. The van der Waals surface area contributed by atoms with E-state index in [1.54, 1.807) is 35.5 Å². The summed E-state index contributed by atoms with van der Waals surface area (Å²) in [5.41, 5.74) is 7.45. The molecule has 34 heavy (non-hydrogen) atoms. The molecule has 3 rings (SSSR count). The van der Waals surface area contributed by atoms with Crippen LogP contribution in [0, 0.1) is 6.92 Å². The fourth-order valence-corrected chi connectivity index (χ4v) is 3.96. The predicted molar refractivity (Wildman–Crippen MR) is 133 cm³/mol. The molecule has 6 heteroatoms. The second-order valence-electron chi connectivity index (χ2n) is 8.05. The van der Waals surface area contributed by atoms with Gasteiger partial charge in [0.15, 0.2) is 0 Å². The standard InChI is InChI=1S/C28H34O6/c1-19-22(15-29-2)11-20(12-23(19)16-30-3)21-13-24(17-31-4)28(25(14-21)18-32-5)34-27-9-7-26(33-6)8-10-27/h7-14H,15-18H2,1-6H3. The zero-order chi connectivity index (χ0) is 24.5. The van der Waals surface area contributed by atoms with Crippen LogP contribution >= 0.6 is 0 Å². The molecule has 0 aromatic heterocycles. The lowest BCUT2D eigenvalue weighted by molar-refractivity contribution is 0.175. The predicted octanol–water partition coefficient (Wildman–Crippen LogP) is 6.05. The lowest BCUT2D eigenvalue weighted by Crippen LogP contribution is -2.03. The molecule has 3 aromatic carbocycles. The lowest BCUT2D eigenvalue weighted by atomic mass is 9.93. The molecule has 0 bridgehead atoms. The van der Waals surface area contributed by atoms with E-state index in [-0.39, 0.29) is 0 Å². The van der Waals surface area contributed by atoms with Crippen LogP contribution in [0.15, 0.2) is 48.5 Å². The number of hydrogen-bond donors (Lipinski definition) is 0. The Morgan fingerprint density at radius 3 is 1.32 bits per heavy atom. The second-order valence-corrected chi connectivity index (χ2v) is 8.05. The minimum absolute atomic E-state index is 0.401. The van der Waals surface area contributed by atoms with Gasteiger partial charge in [0.1, 0.15) is 17.2 Å². The smallest absolute Gasteiger partial charge is 0.138 e. The highest BCUT2D eigenvalue weighted by Gasteiger charge is 2.17. The molecule has 0 saturated carbocycles. The number of rotatable bonds is 12. The van der Waals surface area contributed by atoms with E-state index in [0.29, 0.717) is 32.2 Å². The van der Waals surface area contributed by atoms with Crippen molar-refractivity contribution < 1.29 is 28.4 Å². The average molecular weight is 467 g/mol. The van der Waals surface area contributed by atoms with Crippen LogP contribution in [0.5, 0.6) is 17.2 Å². The van der Waals surface area contributed by atoms with Crippen molar-refractivity contribution in [3.05, 3.63) is 76.3 Å². The van der Waals surface area contributed by atoms with Gasteiger partial charge < -0.3 is 28.4 Å². The molecule has 0 heterocycles. The van der Waals surface area contributed by atoms with Crippen molar-refractivity contribution in [3.63, 3.8) is 0 Å². The summed E-state index contributed by atoms with van der Waals surface area (Å²) in [5.74, 6) is 2.22. The van der Waals surface area contributed by atoms with Crippen molar-refractivity contribution in [2.45, 2.75) is 33.4 Å². The summed E-state index contributed by atoms with van der Waals surface area (Å²) < 4.78 is 33.5. The molecule has 0 atom stereocenters. The van der Waals surface area contributed by atoms with Crippen LogP contribution in [0.25, 0.3) is 11.1 Å². The number of methoxy groups -OCH3 is 5. The van der Waals surface area contributed by atoms with Crippen LogP contribution in [0.2, 0.25) is 0 Å². The number of hydrogen-bond acceptors (Lipinski definition) is 6. The summed E-state index contributed by atoms with van der Waals surface area (Å²) in [5, 5.41) is 0. The minimum atomic E-state index is 0.401. The normalized spacial score (nSPS) is 11.0. The van der Waals surface area contributed by atoms with E-state index in [2.05, 4.69) is 31.2 Å². The molecule has 0 aliphatic rings. The summed E-state index contributed by atoms with van der Waals surface area (Å²) in [4.78, 5) is 0. The summed E-state index contributed by atoms with van der Waals surface area (Å²) >= 11 is 0. The lowest BCUT2D eigenvalue weighted by Gasteiger charge is -2.19. The monoisotopic (exact) mass is 466 g/mol. The summed E-state index contributed by atoms with van der Waals surface area (Å²) in [6.07, 6.45) is 0. The fourth-order valence-electron chi connectivity index (χ4n) is 3.96. The largest absolute Gasteiger partial charge is 0.497 e. The third-order valence-electron chi connectivity index (χ3n) is 5.68. The van der Waals surface area contributed by atoms with Crippen molar-refractivity contribution in [1.82, 2.24) is 0 Å². The van der Waals surface area contributed by atoms with Crippen LogP contribution in [-0.4, -0.2) is 35.5 Å². The Kier molecular flexibility index (Phi) is 9.48. The van der Waals surface area contributed by atoms with Gasteiger partial charge in [0.05, 0.1) is 33.5 Å². The van der Waals surface area contributed by atoms with Crippen molar-refractivity contribution in [2.24, 2.45) is 0 Å². The molecule has 0 spiro atoms. The summed E-state index contributed by atoms with van der Waals surface area (Å²) in [6, 6.07) is 16.1. The Hall–Kier alpha value is -2.90. The van der Waals surface area contributed by atoms with Gasteiger partial charge in [0, 0.05) is 39.6 Å². The molecule has 0 unspecified atom stereocenters. The summed E-state index contributed by atoms with van der Waals surface area (Å²) in [6.45, 7) is 3.97. The van der Waals surface area contributed by atoms with E-state index in [1.165, 1.54) is 5.56 Å². The Morgan fingerprint density at radius 1 is 0.529 bits per heavy atom. The molecule has 182 valence electrons. The highest BCUT2D eigenvalue weighted by molar-refractivity contribution is 5.70. The van der Waals surface area contributed by atoms with Crippen LogP contribution in [0.3, 0.4) is 0 Å². The van der Waals surface area contributed by atoms with Crippen LogP contribution in [0.4, 0.5) is 0 Å². The molecule has 0 amide bonds. The maximum Gasteiger partial charge on any atom is 0.138 e. The molecular formula is C28H34O6. The average Bonchev–Trinajstić information content (AvgIpc) is 2.84. The van der Waals surface area contributed by atoms with Crippen LogP contribution in [0.1, 0.15) is 27.8 Å². The molecule has 6 nitrogen and oxygen atoms in total. The van der Waals surface area contributed by atoms with Crippen molar-refractivity contribution in [1.29, 1.82) is 0 Å². The van der Waals surface area contributed by atoms with Crippen molar-refractivity contribution in [3.8, 4) is 28.4 Å². The van der Waals surface area contributed by atoms with E-state index in [1.807, 2.05) is 24.3 Å². The van der Waals surface area contributed by atoms with Gasteiger partial charge in [0.2, 0.25) is 0 Å². The van der Waals surface area contributed by atoms with E-state index >= 15 is 0 Å². The van der Waals surface area contributed by atoms with Gasteiger partial charge in [-0.3, -0.25) is 0 Å². The van der Waals surface area contributed by atoms with E-state index < -0.39 is 0 Å². The van der Waals surface area contributed by atoms with Gasteiger partial charge in [0.25, 0.3) is 0 Å². The second kappa shape index (κ2) is 12.5. The number of ether oxygens (including phenoxy) is 6. The third-order valence-corrected chi connectivity index (χ3v) is 5.68. The first-order valence-corrected chi connectivity index (χ1v) is 11.1. The molecule has 0 radical (unpaired) electrons. The summed E-state index contributed by atoms with van der Waals surface area (Å²) in [7, 11) is 8.42. The highest BCUT2D eigenvalue weighted by Crippen LogP contribution is 2.37. The molecule has 0 N–H and O–H groups in total. The van der Waals surface area contributed by atoms with Gasteiger partial charge >= 0.3 is 0 Å². The van der Waals surface area contributed by atoms with Crippen LogP contribution < -0.4 is 9.47 Å². The third kappa shape index (κ3) is 6.15. The Balaban J connectivity index is 2.12. The minimum Gasteiger partial charge on any atom is -0.497 e. The van der Waals surface area contributed by atoms with Crippen molar-refractivity contribution >= 4 is 0 Å². The van der Waals surface area contributed by atoms with Gasteiger partial charge in [-0.05, 0) is 83.3 Å². The SMILES string of the molecule is COCc1cc(-c2cc(COC)c(Oc3ccc(OC)cc3)c(COC)c2)cc(COC)c1C. The van der Waals surface area contributed by atoms with Gasteiger partial charge in [-0.2, -0.15) is 0 Å². The molecule has 3 aromatic rings. The van der Waals surface area contributed by atoms with Gasteiger partial charge in [-0.25, -0.2) is 0 Å². The number of benzene rings is 3. The molecule has 0 aliphatic heterocycles.